The van der Waals surface area contributed by atoms with Crippen molar-refractivity contribution in [2.24, 2.45) is 5.92 Å². The number of benzene rings is 2. The van der Waals surface area contributed by atoms with E-state index in [1.165, 1.54) is 5.56 Å². The normalized spacial score (nSPS) is 16.2. The molecule has 5 nitrogen and oxygen atoms in total. The van der Waals surface area contributed by atoms with E-state index < -0.39 is 5.97 Å². The largest absolute Gasteiger partial charge is 0.492 e. The van der Waals surface area contributed by atoms with E-state index in [0.717, 1.165) is 45.6 Å². The average molecular weight is 484 g/mol. The van der Waals surface area contributed by atoms with Crippen molar-refractivity contribution in [2.75, 3.05) is 6.61 Å². The van der Waals surface area contributed by atoms with Gasteiger partial charge in [-0.25, -0.2) is 4.98 Å². The molecule has 0 fully saturated rings. The minimum absolute atomic E-state index is 0.0667. The zero-order chi connectivity index (χ0) is 22.0. The third-order valence-corrected chi connectivity index (χ3v) is 6.69. The molecule has 162 valence electrons. The molecule has 2 atom stereocenters. The molecule has 4 rings (SSSR count). The number of rotatable bonds is 8. The fourth-order valence-electron chi connectivity index (χ4n) is 4.42. The summed E-state index contributed by atoms with van der Waals surface area (Å²) in [5.74, 6) is 1.23. The molecule has 0 bridgehead atoms. The summed E-state index contributed by atoms with van der Waals surface area (Å²) in [6.07, 6.45) is 3.04. The standard InChI is InChI=1S/C25H26BrNO4/c1-3-18(25(28)29)19-10-9-17-13-23(21(26)14-20(17)19)30-12-11-22-15(2)31-24(27-22)16-7-5-4-6-8-16/h4-8,13-14,18-19H,3,9-12H2,1-2H3,(H,28,29). The molecule has 6 heteroatoms. The van der Waals surface area contributed by atoms with Crippen LogP contribution in [0.15, 0.2) is 51.4 Å². The Balaban J connectivity index is 1.44. The molecule has 2 unspecified atom stereocenters. The van der Waals surface area contributed by atoms with Crippen LogP contribution in [0, 0.1) is 12.8 Å². The van der Waals surface area contributed by atoms with Gasteiger partial charge in [-0.1, -0.05) is 25.1 Å². The molecule has 3 aromatic rings. The Bertz CT molecular complexity index is 1080. The first kappa shape index (κ1) is 21.6. The number of hydrogen-bond acceptors (Lipinski definition) is 4. The van der Waals surface area contributed by atoms with E-state index in [4.69, 9.17) is 9.15 Å². The number of halogens is 1. The van der Waals surface area contributed by atoms with E-state index in [9.17, 15) is 9.90 Å². The van der Waals surface area contributed by atoms with Gasteiger partial charge >= 0.3 is 5.97 Å². The van der Waals surface area contributed by atoms with E-state index in [-0.39, 0.29) is 11.8 Å². The second-order valence-corrected chi connectivity index (χ2v) is 8.82. The number of carboxylic acid groups (broad SMARTS) is 1. The first-order valence-electron chi connectivity index (χ1n) is 10.7. The fraction of sp³-hybridized carbons (Fsp3) is 0.360. The Kier molecular flexibility index (Phi) is 6.46. The second kappa shape index (κ2) is 9.27. The van der Waals surface area contributed by atoms with E-state index in [1.807, 2.05) is 50.2 Å². The Morgan fingerprint density at radius 1 is 1.32 bits per heavy atom. The second-order valence-electron chi connectivity index (χ2n) is 7.97. The van der Waals surface area contributed by atoms with E-state index >= 15 is 0 Å². The summed E-state index contributed by atoms with van der Waals surface area (Å²) in [7, 11) is 0. The van der Waals surface area contributed by atoms with Gasteiger partial charge in [-0.15, -0.1) is 0 Å². The minimum Gasteiger partial charge on any atom is -0.492 e. The number of ether oxygens (including phenoxy) is 1. The average Bonchev–Trinajstić information content (AvgIpc) is 3.33. The molecule has 0 saturated carbocycles. The van der Waals surface area contributed by atoms with Crippen molar-refractivity contribution in [2.45, 2.75) is 45.4 Å². The lowest BCUT2D eigenvalue weighted by atomic mass is 9.85. The molecule has 2 aromatic carbocycles. The predicted octanol–water partition coefficient (Wildman–Crippen LogP) is 6.17. The van der Waals surface area contributed by atoms with Gasteiger partial charge in [0.05, 0.1) is 22.7 Å². The van der Waals surface area contributed by atoms with Gasteiger partial charge in [-0.05, 0) is 83.4 Å². The van der Waals surface area contributed by atoms with Crippen molar-refractivity contribution in [3.8, 4) is 17.2 Å². The first-order chi connectivity index (χ1) is 15.0. The summed E-state index contributed by atoms with van der Waals surface area (Å²) in [5, 5.41) is 9.55. The van der Waals surface area contributed by atoms with Crippen LogP contribution >= 0.6 is 15.9 Å². The van der Waals surface area contributed by atoms with E-state index in [1.54, 1.807) is 0 Å². The van der Waals surface area contributed by atoms with Gasteiger partial charge in [0.1, 0.15) is 11.5 Å². The molecule has 1 heterocycles. The SMILES string of the molecule is CCC(C(=O)O)C1CCc2cc(OCCc3nc(-c4ccccc4)oc3C)c(Br)cc21. The number of carbonyl (C=O) groups is 1. The fourth-order valence-corrected chi connectivity index (χ4v) is 4.90. The van der Waals surface area contributed by atoms with E-state index in [0.29, 0.717) is 25.3 Å². The van der Waals surface area contributed by atoms with Gasteiger partial charge < -0.3 is 14.3 Å². The Morgan fingerprint density at radius 3 is 2.81 bits per heavy atom. The number of aromatic nitrogens is 1. The summed E-state index contributed by atoms with van der Waals surface area (Å²) in [6, 6.07) is 14.0. The third kappa shape index (κ3) is 4.54. The van der Waals surface area contributed by atoms with Crippen LogP contribution in [-0.4, -0.2) is 22.7 Å². The highest BCUT2D eigenvalue weighted by Gasteiger charge is 2.33. The van der Waals surface area contributed by atoms with Crippen molar-refractivity contribution >= 4 is 21.9 Å². The topological polar surface area (TPSA) is 72.6 Å². The number of fused-ring (bicyclic) bond motifs is 1. The van der Waals surface area contributed by atoms with Crippen LogP contribution < -0.4 is 4.74 Å². The molecule has 0 spiro atoms. The zero-order valence-electron chi connectivity index (χ0n) is 17.7. The zero-order valence-corrected chi connectivity index (χ0v) is 19.3. The van der Waals surface area contributed by atoms with Crippen LogP contribution in [0.5, 0.6) is 5.75 Å². The molecular weight excluding hydrogens is 458 g/mol. The maximum Gasteiger partial charge on any atom is 0.307 e. The van der Waals surface area contributed by atoms with E-state index in [2.05, 4.69) is 27.0 Å². The lowest BCUT2D eigenvalue weighted by Gasteiger charge is -2.19. The van der Waals surface area contributed by atoms with Crippen LogP contribution in [0.2, 0.25) is 0 Å². The van der Waals surface area contributed by atoms with Crippen molar-refractivity contribution in [1.82, 2.24) is 4.98 Å². The minimum atomic E-state index is -0.713. The van der Waals surface area contributed by atoms with Crippen molar-refractivity contribution in [3.63, 3.8) is 0 Å². The molecule has 1 aromatic heterocycles. The van der Waals surface area contributed by atoms with Crippen LogP contribution in [0.4, 0.5) is 0 Å². The Labute approximate surface area is 190 Å². The van der Waals surface area contributed by atoms with Crippen LogP contribution in [0.1, 0.15) is 48.3 Å². The highest BCUT2D eigenvalue weighted by atomic mass is 79.9. The molecule has 31 heavy (non-hydrogen) atoms. The molecule has 0 radical (unpaired) electrons. The van der Waals surface area contributed by atoms with Crippen molar-refractivity contribution < 1.29 is 19.1 Å². The number of oxazole rings is 1. The summed E-state index contributed by atoms with van der Waals surface area (Å²) < 4.78 is 12.7. The Morgan fingerprint density at radius 2 is 2.10 bits per heavy atom. The smallest absolute Gasteiger partial charge is 0.307 e. The molecule has 1 N–H and O–H groups in total. The lowest BCUT2D eigenvalue weighted by molar-refractivity contribution is -0.142. The quantitative estimate of drug-likeness (QED) is 0.414. The number of aryl methyl sites for hydroxylation is 2. The maximum atomic E-state index is 11.6. The number of hydrogen-bond donors (Lipinski definition) is 1. The summed E-state index contributed by atoms with van der Waals surface area (Å²) in [6.45, 7) is 4.35. The van der Waals surface area contributed by atoms with Gasteiger partial charge in [0.25, 0.3) is 0 Å². The maximum absolute atomic E-state index is 11.6. The summed E-state index contributed by atoms with van der Waals surface area (Å²) >= 11 is 3.61. The number of carboxylic acids is 1. The van der Waals surface area contributed by atoms with Gasteiger partial charge in [-0.2, -0.15) is 0 Å². The molecule has 1 aliphatic carbocycles. The lowest BCUT2D eigenvalue weighted by Crippen LogP contribution is -2.19. The van der Waals surface area contributed by atoms with Gasteiger partial charge in [0.2, 0.25) is 5.89 Å². The Hall–Kier alpha value is -2.60. The predicted molar refractivity (Wildman–Crippen MR) is 122 cm³/mol. The molecular formula is C25H26BrNO4. The van der Waals surface area contributed by atoms with Gasteiger partial charge in [0, 0.05) is 12.0 Å². The highest BCUT2D eigenvalue weighted by molar-refractivity contribution is 9.10. The van der Waals surface area contributed by atoms with Crippen molar-refractivity contribution in [3.05, 3.63) is 69.5 Å². The number of aliphatic carboxylic acids is 1. The monoisotopic (exact) mass is 483 g/mol. The molecule has 0 saturated heterocycles. The van der Waals surface area contributed by atoms with Crippen LogP contribution in [0.3, 0.4) is 0 Å². The van der Waals surface area contributed by atoms with Crippen molar-refractivity contribution in [1.29, 1.82) is 0 Å². The van der Waals surface area contributed by atoms with Crippen LogP contribution in [-0.2, 0) is 17.6 Å². The van der Waals surface area contributed by atoms with Gasteiger partial charge in [0.15, 0.2) is 0 Å². The first-order valence-corrected chi connectivity index (χ1v) is 11.5. The van der Waals surface area contributed by atoms with Gasteiger partial charge in [-0.3, -0.25) is 4.79 Å². The summed E-state index contributed by atoms with van der Waals surface area (Å²) in [5.41, 5.74) is 4.17. The molecule has 0 aliphatic heterocycles. The molecule has 1 aliphatic rings. The third-order valence-electron chi connectivity index (χ3n) is 6.07. The highest BCUT2D eigenvalue weighted by Crippen LogP contribution is 2.43. The summed E-state index contributed by atoms with van der Waals surface area (Å²) in [4.78, 5) is 16.3. The molecule has 0 amide bonds. The number of nitrogens with zero attached hydrogens (tertiary/aromatic N) is 1. The van der Waals surface area contributed by atoms with Crippen LogP contribution in [0.25, 0.3) is 11.5 Å².